The summed E-state index contributed by atoms with van der Waals surface area (Å²) in [6, 6.07) is 5.97. The van der Waals surface area contributed by atoms with Gasteiger partial charge in [-0.25, -0.2) is 4.39 Å². The van der Waals surface area contributed by atoms with Crippen LogP contribution in [0.15, 0.2) is 18.2 Å². The molecule has 1 aliphatic rings. The van der Waals surface area contributed by atoms with E-state index in [1.54, 1.807) is 6.07 Å². The molecule has 0 amide bonds. The SMILES string of the molecule is CCCNCc1cccc(F)c1N(CC)C1CC1. The molecule has 0 radical (unpaired) electrons. The molecule has 0 atom stereocenters. The molecule has 1 N–H and O–H groups in total. The van der Waals surface area contributed by atoms with E-state index in [1.807, 2.05) is 12.1 Å². The van der Waals surface area contributed by atoms with Gasteiger partial charge in [0.25, 0.3) is 0 Å². The van der Waals surface area contributed by atoms with Gasteiger partial charge in [0.05, 0.1) is 5.69 Å². The molecule has 0 aromatic heterocycles. The number of benzene rings is 1. The summed E-state index contributed by atoms with van der Waals surface area (Å²) >= 11 is 0. The highest BCUT2D eigenvalue weighted by Crippen LogP contribution is 2.35. The molecule has 0 spiro atoms. The second kappa shape index (κ2) is 6.19. The molecule has 2 rings (SSSR count). The zero-order valence-electron chi connectivity index (χ0n) is 11.4. The molecule has 18 heavy (non-hydrogen) atoms. The molecule has 0 aliphatic heterocycles. The monoisotopic (exact) mass is 250 g/mol. The fourth-order valence-electron chi connectivity index (χ4n) is 2.41. The van der Waals surface area contributed by atoms with Crippen LogP contribution in [0, 0.1) is 5.82 Å². The van der Waals surface area contributed by atoms with Crippen LogP contribution in [0.1, 0.15) is 38.7 Å². The molecule has 0 heterocycles. The van der Waals surface area contributed by atoms with Gasteiger partial charge in [0.1, 0.15) is 5.82 Å². The Morgan fingerprint density at radius 2 is 2.11 bits per heavy atom. The number of nitrogens with zero attached hydrogens (tertiary/aromatic N) is 1. The number of para-hydroxylation sites is 1. The average Bonchev–Trinajstić information content (AvgIpc) is 3.18. The first-order valence-corrected chi connectivity index (χ1v) is 7.02. The van der Waals surface area contributed by atoms with Crippen LogP contribution in [0.25, 0.3) is 0 Å². The highest BCUT2D eigenvalue weighted by molar-refractivity contribution is 5.56. The average molecular weight is 250 g/mol. The van der Waals surface area contributed by atoms with Gasteiger partial charge >= 0.3 is 0 Å². The molecule has 1 fully saturated rings. The Kier molecular flexibility index (Phi) is 4.59. The lowest BCUT2D eigenvalue weighted by molar-refractivity contribution is 0.608. The number of anilines is 1. The van der Waals surface area contributed by atoms with Gasteiger partial charge < -0.3 is 10.2 Å². The molecule has 0 unspecified atom stereocenters. The Labute approximate surface area is 109 Å². The maximum absolute atomic E-state index is 14.1. The molecule has 1 aromatic carbocycles. The number of hydrogen-bond donors (Lipinski definition) is 1. The Morgan fingerprint density at radius 3 is 2.72 bits per heavy atom. The summed E-state index contributed by atoms with van der Waals surface area (Å²) < 4.78 is 14.1. The topological polar surface area (TPSA) is 15.3 Å². The fourth-order valence-corrected chi connectivity index (χ4v) is 2.41. The van der Waals surface area contributed by atoms with Gasteiger partial charge in [-0.1, -0.05) is 19.1 Å². The lowest BCUT2D eigenvalue weighted by atomic mass is 10.1. The highest BCUT2D eigenvalue weighted by Gasteiger charge is 2.30. The third-order valence-electron chi connectivity index (χ3n) is 3.43. The highest BCUT2D eigenvalue weighted by atomic mass is 19.1. The quantitative estimate of drug-likeness (QED) is 0.747. The second-order valence-electron chi connectivity index (χ2n) is 4.94. The first-order chi connectivity index (χ1) is 8.77. The van der Waals surface area contributed by atoms with E-state index in [0.717, 1.165) is 37.3 Å². The van der Waals surface area contributed by atoms with Crippen molar-refractivity contribution in [1.82, 2.24) is 5.32 Å². The smallest absolute Gasteiger partial charge is 0.146 e. The van der Waals surface area contributed by atoms with E-state index in [2.05, 4.69) is 24.1 Å². The minimum atomic E-state index is -0.0838. The van der Waals surface area contributed by atoms with Crippen molar-refractivity contribution in [2.45, 2.75) is 45.7 Å². The standard InChI is InChI=1S/C15H23FN2/c1-3-10-17-11-12-6-5-7-14(16)15(12)18(4-2)13-8-9-13/h5-7,13,17H,3-4,8-11H2,1-2H3. The lowest BCUT2D eigenvalue weighted by Gasteiger charge is -2.26. The predicted octanol–water partition coefficient (Wildman–Crippen LogP) is 3.31. The summed E-state index contributed by atoms with van der Waals surface area (Å²) in [7, 11) is 0. The van der Waals surface area contributed by atoms with Crippen LogP contribution in [0.4, 0.5) is 10.1 Å². The van der Waals surface area contributed by atoms with Crippen molar-refractivity contribution < 1.29 is 4.39 Å². The Hall–Kier alpha value is -1.09. The summed E-state index contributed by atoms with van der Waals surface area (Å²) in [6.07, 6.45) is 3.50. The van der Waals surface area contributed by atoms with E-state index in [-0.39, 0.29) is 5.82 Å². The zero-order chi connectivity index (χ0) is 13.0. The van der Waals surface area contributed by atoms with Gasteiger partial charge in [0.15, 0.2) is 0 Å². The maximum Gasteiger partial charge on any atom is 0.146 e. The van der Waals surface area contributed by atoms with Gasteiger partial charge in [-0.3, -0.25) is 0 Å². The number of nitrogens with one attached hydrogen (secondary N) is 1. The van der Waals surface area contributed by atoms with Crippen LogP contribution in [-0.2, 0) is 6.54 Å². The van der Waals surface area contributed by atoms with Crippen molar-refractivity contribution >= 4 is 5.69 Å². The van der Waals surface area contributed by atoms with Crippen molar-refractivity contribution in [3.05, 3.63) is 29.6 Å². The summed E-state index contributed by atoms with van der Waals surface area (Å²) in [5.74, 6) is -0.0838. The normalized spacial score (nSPS) is 14.8. The molecular weight excluding hydrogens is 227 g/mol. The first-order valence-electron chi connectivity index (χ1n) is 7.02. The summed E-state index contributed by atoms with van der Waals surface area (Å²) in [5, 5.41) is 3.36. The maximum atomic E-state index is 14.1. The van der Waals surface area contributed by atoms with Crippen LogP contribution >= 0.6 is 0 Å². The minimum Gasteiger partial charge on any atom is -0.366 e. The van der Waals surface area contributed by atoms with Crippen molar-refractivity contribution in [1.29, 1.82) is 0 Å². The van der Waals surface area contributed by atoms with Crippen molar-refractivity contribution in [2.75, 3.05) is 18.0 Å². The minimum absolute atomic E-state index is 0.0838. The summed E-state index contributed by atoms with van der Waals surface area (Å²) in [4.78, 5) is 2.22. The zero-order valence-corrected chi connectivity index (χ0v) is 11.4. The molecule has 1 saturated carbocycles. The van der Waals surface area contributed by atoms with Crippen molar-refractivity contribution in [3.8, 4) is 0 Å². The van der Waals surface area contributed by atoms with Crippen molar-refractivity contribution in [3.63, 3.8) is 0 Å². The summed E-state index contributed by atoms with van der Waals surface area (Å²) in [6.45, 7) is 6.86. The number of rotatable bonds is 7. The van der Waals surface area contributed by atoms with Crippen LogP contribution in [0.2, 0.25) is 0 Å². The van der Waals surface area contributed by atoms with Gasteiger partial charge in [-0.2, -0.15) is 0 Å². The molecule has 1 aliphatic carbocycles. The summed E-state index contributed by atoms with van der Waals surface area (Å²) in [5.41, 5.74) is 1.89. The predicted molar refractivity (Wildman–Crippen MR) is 74.4 cm³/mol. The molecule has 0 bridgehead atoms. The molecule has 100 valence electrons. The van der Waals surface area contributed by atoms with Crippen LogP contribution < -0.4 is 10.2 Å². The van der Waals surface area contributed by atoms with E-state index < -0.39 is 0 Å². The Bertz CT molecular complexity index is 388. The largest absolute Gasteiger partial charge is 0.366 e. The van der Waals surface area contributed by atoms with Crippen LogP contribution in [0.5, 0.6) is 0 Å². The number of halogens is 1. The van der Waals surface area contributed by atoms with Crippen LogP contribution in [0.3, 0.4) is 0 Å². The van der Waals surface area contributed by atoms with E-state index in [9.17, 15) is 4.39 Å². The van der Waals surface area contributed by atoms with Gasteiger partial charge in [0, 0.05) is 19.1 Å². The van der Waals surface area contributed by atoms with Gasteiger partial charge in [0.2, 0.25) is 0 Å². The Morgan fingerprint density at radius 1 is 1.33 bits per heavy atom. The molecular formula is C15H23FN2. The molecule has 0 saturated heterocycles. The van der Waals surface area contributed by atoms with E-state index in [4.69, 9.17) is 0 Å². The fraction of sp³-hybridized carbons (Fsp3) is 0.600. The Balaban J connectivity index is 2.19. The third kappa shape index (κ3) is 3.02. The van der Waals surface area contributed by atoms with E-state index in [0.29, 0.717) is 6.04 Å². The number of hydrogen-bond acceptors (Lipinski definition) is 2. The molecule has 3 heteroatoms. The lowest BCUT2D eigenvalue weighted by Crippen LogP contribution is -2.28. The van der Waals surface area contributed by atoms with E-state index >= 15 is 0 Å². The second-order valence-corrected chi connectivity index (χ2v) is 4.94. The first kappa shape index (κ1) is 13.3. The molecule has 2 nitrogen and oxygen atoms in total. The molecule has 1 aromatic rings. The third-order valence-corrected chi connectivity index (χ3v) is 3.43. The van der Waals surface area contributed by atoms with Gasteiger partial charge in [-0.05, 0) is 44.4 Å². The van der Waals surface area contributed by atoms with Crippen LogP contribution in [-0.4, -0.2) is 19.1 Å². The van der Waals surface area contributed by atoms with E-state index in [1.165, 1.54) is 12.8 Å². The van der Waals surface area contributed by atoms with Crippen molar-refractivity contribution in [2.24, 2.45) is 0 Å². The van der Waals surface area contributed by atoms with Gasteiger partial charge in [-0.15, -0.1) is 0 Å².